The van der Waals surface area contributed by atoms with Crippen molar-refractivity contribution >= 4 is 28.8 Å². The molecule has 1 amide bonds. The SMILES string of the molecule is Cc1csc(Oc2ccc([N+](=O)[O-])c(N(C)C(=O)OC(C)(C)C)c2)c1. The highest BCUT2D eigenvalue weighted by molar-refractivity contribution is 7.12. The summed E-state index contributed by atoms with van der Waals surface area (Å²) in [5.74, 6) is 0.401. The molecule has 0 saturated carbocycles. The molecular weight excluding hydrogens is 344 g/mol. The second-order valence-electron chi connectivity index (χ2n) is 6.49. The lowest BCUT2D eigenvalue weighted by atomic mass is 10.2. The van der Waals surface area contributed by atoms with Gasteiger partial charge in [-0.3, -0.25) is 15.0 Å². The topological polar surface area (TPSA) is 81.9 Å². The average molecular weight is 364 g/mol. The molecule has 0 spiro atoms. The molecule has 2 rings (SSSR count). The van der Waals surface area contributed by atoms with Crippen molar-refractivity contribution in [3.8, 4) is 10.8 Å². The summed E-state index contributed by atoms with van der Waals surface area (Å²) in [7, 11) is 1.43. The second-order valence-corrected chi connectivity index (χ2v) is 7.37. The van der Waals surface area contributed by atoms with Crippen LogP contribution in [0.3, 0.4) is 0 Å². The van der Waals surface area contributed by atoms with Crippen molar-refractivity contribution in [2.75, 3.05) is 11.9 Å². The number of carbonyl (C=O) groups excluding carboxylic acids is 1. The van der Waals surface area contributed by atoms with Crippen molar-refractivity contribution in [3.05, 3.63) is 45.3 Å². The van der Waals surface area contributed by atoms with Crippen LogP contribution in [0.25, 0.3) is 0 Å². The second kappa shape index (κ2) is 7.10. The summed E-state index contributed by atoms with van der Waals surface area (Å²) in [4.78, 5) is 24.1. The Kier molecular flexibility index (Phi) is 5.32. The van der Waals surface area contributed by atoms with E-state index in [1.807, 2.05) is 18.4 Å². The average Bonchev–Trinajstić information content (AvgIpc) is 2.89. The molecular formula is C17H20N2O5S. The van der Waals surface area contributed by atoms with Gasteiger partial charge in [-0.1, -0.05) is 0 Å². The number of hydrogen-bond donors (Lipinski definition) is 0. The molecule has 7 nitrogen and oxygen atoms in total. The number of anilines is 1. The molecule has 1 heterocycles. The first kappa shape index (κ1) is 18.7. The van der Waals surface area contributed by atoms with E-state index in [4.69, 9.17) is 9.47 Å². The summed E-state index contributed by atoms with van der Waals surface area (Å²) in [6.45, 7) is 7.13. The van der Waals surface area contributed by atoms with Crippen molar-refractivity contribution in [3.63, 3.8) is 0 Å². The van der Waals surface area contributed by atoms with Crippen molar-refractivity contribution < 1.29 is 19.2 Å². The van der Waals surface area contributed by atoms with Gasteiger partial charge < -0.3 is 9.47 Å². The number of nitro benzene ring substituents is 1. The van der Waals surface area contributed by atoms with E-state index in [1.165, 1.54) is 36.6 Å². The van der Waals surface area contributed by atoms with Crippen LogP contribution in [0, 0.1) is 17.0 Å². The number of ether oxygens (including phenoxy) is 2. The fourth-order valence-corrected chi connectivity index (χ4v) is 2.76. The van der Waals surface area contributed by atoms with E-state index < -0.39 is 16.6 Å². The highest BCUT2D eigenvalue weighted by Gasteiger charge is 2.26. The van der Waals surface area contributed by atoms with E-state index in [0.29, 0.717) is 10.8 Å². The maximum absolute atomic E-state index is 12.2. The maximum Gasteiger partial charge on any atom is 0.414 e. The van der Waals surface area contributed by atoms with Gasteiger partial charge in [-0.05, 0) is 50.8 Å². The van der Waals surface area contributed by atoms with E-state index in [2.05, 4.69) is 0 Å². The molecule has 0 bridgehead atoms. The number of thiophene rings is 1. The lowest BCUT2D eigenvalue weighted by Gasteiger charge is -2.24. The number of nitrogens with zero attached hydrogens (tertiary/aromatic N) is 2. The lowest BCUT2D eigenvalue weighted by molar-refractivity contribution is -0.384. The van der Waals surface area contributed by atoms with E-state index in [0.717, 1.165) is 10.5 Å². The van der Waals surface area contributed by atoms with Crippen LogP contribution in [0.15, 0.2) is 29.6 Å². The summed E-state index contributed by atoms with van der Waals surface area (Å²) < 4.78 is 11.0. The van der Waals surface area contributed by atoms with Crippen molar-refractivity contribution in [1.82, 2.24) is 0 Å². The van der Waals surface area contributed by atoms with E-state index in [1.54, 1.807) is 20.8 Å². The highest BCUT2D eigenvalue weighted by Crippen LogP contribution is 2.35. The Hall–Kier alpha value is -2.61. The van der Waals surface area contributed by atoms with Crippen LogP contribution in [-0.4, -0.2) is 23.7 Å². The molecule has 0 unspecified atom stereocenters. The molecule has 0 saturated heterocycles. The predicted octanol–water partition coefficient (Wildman–Crippen LogP) is 5.13. The first-order chi connectivity index (χ1) is 11.6. The number of amides is 1. The molecule has 1 aromatic heterocycles. The largest absolute Gasteiger partial charge is 0.447 e. The van der Waals surface area contributed by atoms with Crippen LogP contribution in [-0.2, 0) is 4.74 Å². The van der Waals surface area contributed by atoms with Crippen LogP contribution < -0.4 is 9.64 Å². The molecule has 25 heavy (non-hydrogen) atoms. The number of hydrogen-bond acceptors (Lipinski definition) is 6. The van der Waals surface area contributed by atoms with Crippen LogP contribution in [0.5, 0.6) is 10.8 Å². The third-order valence-corrected chi connectivity index (χ3v) is 4.02. The molecule has 0 aliphatic rings. The normalized spacial score (nSPS) is 11.1. The van der Waals surface area contributed by atoms with Crippen molar-refractivity contribution in [1.29, 1.82) is 0 Å². The van der Waals surface area contributed by atoms with Crippen molar-refractivity contribution in [2.45, 2.75) is 33.3 Å². The van der Waals surface area contributed by atoms with Gasteiger partial charge in [-0.25, -0.2) is 4.79 Å². The Morgan fingerprint density at radius 1 is 1.28 bits per heavy atom. The van der Waals surface area contributed by atoms with E-state index in [-0.39, 0.29) is 11.4 Å². The Balaban J connectivity index is 2.34. The monoisotopic (exact) mass is 364 g/mol. The number of nitro groups is 1. The quantitative estimate of drug-likeness (QED) is 0.555. The van der Waals surface area contributed by atoms with Crippen LogP contribution in [0.1, 0.15) is 26.3 Å². The van der Waals surface area contributed by atoms with Crippen LogP contribution >= 0.6 is 11.3 Å². The van der Waals surface area contributed by atoms with Gasteiger partial charge in [0.2, 0.25) is 0 Å². The Bertz CT molecular complexity index is 795. The minimum absolute atomic E-state index is 0.102. The van der Waals surface area contributed by atoms with Gasteiger partial charge in [0.15, 0.2) is 5.06 Å². The third-order valence-electron chi connectivity index (χ3n) is 3.10. The minimum atomic E-state index is -0.706. The van der Waals surface area contributed by atoms with Gasteiger partial charge in [-0.2, -0.15) is 0 Å². The third kappa shape index (κ3) is 4.93. The molecule has 0 radical (unpaired) electrons. The molecule has 0 N–H and O–H groups in total. The van der Waals surface area contributed by atoms with Crippen molar-refractivity contribution in [2.24, 2.45) is 0 Å². The zero-order valence-corrected chi connectivity index (χ0v) is 15.5. The fraction of sp³-hybridized carbons (Fsp3) is 0.353. The Labute approximate surface area is 149 Å². The van der Waals surface area contributed by atoms with Crippen LogP contribution in [0.2, 0.25) is 0 Å². The number of aryl methyl sites for hydroxylation is 1. The van der Waals surface area contributed by atoms with Gasteiger partial charge in [-0.15, -0.1) is 11.3 Å². The highest BCUT2D eigenvalue weighted by atomic mass is 32.1. The Morgan fingerprint density at radius 2 is 1.96 bits per heavy atom. The molecule has 0 atom stereocenters. The molecule has 8 heteroatoms. The van der Waals surface area contributed by atoms with Gasteiger partial charge in [0.25, 0.3) is 5.69 Å². The fourth-order valence-electron chi connectivity index (χ4n) is 1.99. The first-order valence-corrected chi connectivity index (χ1v) is 8.43. The van der Waals surface area contributed by atoms with Crippen LogP contribution in [0.4, 0.5) is 16.2 Å². The lowest BCUT2D eigenvalue weighted by Crippen LogP contribution is -2.34. The zero-order valence-electron chi connectivity index (χ0n) is 14.7. The van der Waals surface area contributed by atoms with Gasteiger partial charge in [0.1, 0.15) is 17.0 Å². The maximum atomic E-state index is 12.2. The number of rotatable bonds is 4. The zero-order chi connectivity index (χ0) is 18.8. The van der Waals surface area contributed by atoms with E-state index >= 15 is 0 Å². The standard InChI is InChI=1S/C17H20N2O5S/c1-11-8-15(25-10-11)23-12-6-7-13(19(21)22)14(9-12)18(5)16(20)24-17(2,3)4/h6-10H,1-5H3. The Morgan fingerprint density at radius 3 is 2.48 bits per heavy atom. The predicted molar refractivity (Wildman–Crippen MR) is 96.9 cm³/mol. The smallest absolute Gasteiger partial charge is 0.414 e. The summed E-state index contributed by atoms with van der Waals surface area (Å²) in [5.41, 5.74) is 0.254. The molecule has 0 aliphatic heterocycles. The van der Waals surface area contributed by atoms with E-state index in [9.17, 15) is 14.9 Å². The summed E-state index contributed by atoms with van der Waals surface area (Å²) >= 11 is 1.42. The summed E-state index contributed by atoms with van der Waals surface area (Å²) in [6, 6.07) is 6.13. The van der Waals surface area contributed by atoms with Gasteiger partial charge in [0.05, 0.1) is 4.92 Å². The summed E-state index contributed by atoms with van der Waals surface area (Å²) in [5, 5.41) is 13.9. The number of carbonyl (C=O) groups is 1. The molecule has 1 aromatic carbocycles. The number of benzene rings is 1. The first-order valence-electron chi connectivity index (χ1n) is 7.55. The molecule has 134 valence electrons. The van der Waals surface area contributed by atoms with Gasteiger partial charge in [0, 0.05) is 19.2 Å². The molecule has 0 aliphatic carbocycles. The minimum Gasteiger partial charge on any atom is -0.447 e. The summed E-state index contributed by atoms with van der Waals surface area (Å²) in [6.07, 6.45) is -0.681. The molecule has 0 fully saturated rings. The molecule has 2 aromatic rings. The van der Waals surface area contributed by atoms with Gasteiger partial charge >= 0.3 is 6.09 Å².